The Morgan fingerprint density at radius 2 is 1.47 bits per heavy atom. The Bertz CT molecular complexity index is 279. The van der Waals surface area contributed by atoms with Crippen LogP contribution in [-0.2, 0) is 24.0 Å². The van der Waals surface area contributed by atoms with Gasteiger partial charge in [-0.05, 0) is 5.41 Å². The first-order valence-corrected chi connectivity index (χ1v) is 7.44. The van der Waals surface area contributed by atoms with Gasteiger partial charge < -0.3 is 14.2 Å². The summed E-state index contributed by atoms with van der Waals surface area (Å²) in [5, 5.41) is 0. The van der Waals surface area contributed by atoms with E-state index in [2.05, 4.69) is 0 Å². The summed E-state index contributed by atoms with van der Waals surface area (Å²) in [6, 6.07) is 0. The van der Waals surface area contributed by atoms with Gasteiger partial charge in [0.15, 0.2) is 9.84 Å². The molecule has 0 aliphatic carbocycles. The van der Waals surface area contributed by atoms with Gasteiger partial charge >= 0.3 is 0 Å². The Kier molecular flexibility index (Phi) is 7.94. The third-order valence-electron chi connectivity index (χ3n) is 1.72. The van der Waals surface area contributed by atoms with Crippen molar-refractivity contribution in [2.24, 2.45) is 5.41 Å². The highest BCUT2D eigenvalue weighted by Gasteiger charge is 2.21. The van der Waals surface area contributed by atoms with Crippen LogP contribution in [0.5, 0.6) is 0 Å². The van der Waals surface area contributed by atoms with Gasteiger partial charge in [0.2, 0.25) is 0 Å². The van der Waals surface area contributed by atoms with Gasteiger partial charge in [-0.25, -0.2) is 8.42 Å². The fraction of sp³-hybridized carbons (Fsp3) is 1.00. The van der Waals surface area contributed by atoms with E-state index in [1.54, 1.807) is 7.11 Å². The lowest BCUT2D eigenvalue weighted by molar-refractivity contribution is 0.0346. The van der Waals surface area contributed by atoms with Gasteiger partial charge in [-0.15, -0.1) is 0 Å². The molecule has 5 nitrogen and oxygen atoms in total. The van der Waals surface area contributed by atoms with Crippen LogP contribution in [-0.4, -0.2) is 53.6 Å². The third kappa shape index (κ3) is 12.1. The Morgan fingerprint density at radius 1 is 0.941 bits per heavy atom. The van der Waals surface area contributed by atoms with Crippen molar-refractivity contribution in [1.82, 2.24) is 0 Å². The summed E-state index contributed by atoms with van der Waals surface area (Å²) < 4.78 is 38.2. The van der Waals surface area contributed by atoms with Gasteiger partial charge in [0.1, 0.15) is 5.94 Å². The van der Waals surface area contributed by atoms with E-state index in [1.165, 1.54) is 0 Å². The van der Waals surface area contributed by atoms with E-state index in [4.69, 9.17) is 14.2 Å². The molecule has 0 fully saturated rings. The summed E-state index contributed by atoms with van der Waals surface area (Å²) in [4.78, 5) is 0. The van der Waals surface area contributed by atoms with E-state index < -0.39 is 9.84 Å². The molecule has 0 aromatic rings. The number of ether oxygens (including phenoxy) is 3. The number of rotatable bonds is 9. The fourth-order valence-corrected chi connectivity index (χ4v) is 3.02. The van der Waals surface area contributed by atoms with Gasteiger partial charge in [-0.2, -0.15) is 0 Å². The highest BCUT2D eigenvalue weighted by Crippen LogP contribution is 2.16. The third-order valence-corrected chi connectivity index (χ3v) is 3.55. The quantitative estimate of drug-likeness (QED) is 0.586. The van der Waals surface area contributed by atoms with Crippen molar-refractivity contribution >= 4 is 9.84 Å². The molecule has 0 rings (SSSR count). The zero-order valence-electron chi connectivity index (χ0n) is 11.2. The first-order valence-electron chi connectivity index (χ1n) is 5.62. The van der Waals surface area contributed by atoms with Crippen molar-refractivity contribution in [3.05, 3.63) is 0 Å². The van der Waals surface area contributed by atoms with E-state index >= 15 is 0 Å². The van der Waals surface area contributed by atoms with Crippen LogP contribution >= 0.6 is 0 Å². The van der Waals surface area contributed by atoms with Gasteiger partial charge in [0, 0.05) is 7.11 Å². The summed E-state index contributed by atoms with van der Waals surface area (Å²) in [7, 11) is -1.54. The predicted octanol–water partition coefficient (Wildman–Crippen LogP) is 1.08. The van der Waals surface area contributed by atoms with Crippen molar-refractivity contribution in [3.8, 4) is 0 Å². The first kappa shape index (κ1) is 16.8. The van der Waals surface area contributed by atoms with Gasteiger partial charge in [-0.1, -0.05) is 20.8 Å². The van der Waals surface area contributed by atoms with Crippen LogP contribution in [0.1, 0.15) is 20.8 Å². The molecule has 0 atom stereocenters. The summed E-state index contributed by atoms with van der Waals surface area (Å²) in [5.41, 5.74) is -0.239. The Hall–Kier alpha value is -0.170. The maximum atomic E-state index is 11.6. The zero-order chi connectivity index (χ0) is 13.4. The molecule has 104 valence electrons. The lowest BCUT2D eigenvalue weighted by Crippen LogP contribution is -2.24. The van der Waals surface area contributed by atoms with E-state index in [0.29, 0.717) is 19.8 Å². The number of sulfone groups is 1. The Labute approximate surface area is 104 Å². The fourth-order valence-electron chi connectivity index (χ4n) is 1.25. The second kappa shape index (κ2) is 8.02. The lowest BCUT2D eigenvalue weighted by Gasteiger charge is -2.17. The lowest BCUT2D eigenvalue weighted by atomic mass is 10.0. The first-order chi connectivity index (χ1) is 7.77. The monoisotopic (exact) mass is 268 g/mol. The minimum Gasteiger partial charge on any atom is -0.382 e. The van der Waals surface area contributed by atoms with E-state index in [1.807, 2.05) is 20.8 Å². The van der Waals surface area contributed by atoms with E-state index in [-0.39, 0.29) is 23.7 Å². The second-order valence-corrected chi connectivity index (χ2v) is 7.09. The molecule has 17 heavy (non-hydrogen) atoms. The molecule has 0 amide bonds. The molecule has 0 aliphatic rings. The largest absolute Gasteiger partial charge is 0.382 e. The summed E-state index contributed by atoms with van der Waals surface area (Å²) >= 11 is 0. The van der Waals surface area contributed by atoms with Crippen LogP contribution < -0.4 is 0 Å². The van der Waals surface area contributed by atoms with Gasteiger partial charge in [-0.3, -0.25) is 0 Å². The van der Waals surface area contributed by atoms with Crippen molar-refractivity contribution in [3.63, 3.8) is 0 Å². The number of hydrogen-bond acceptors (Lipinski definition) is 5. The predicted molar refractivity (Wildman–Crippen MR) is 66.8 cm³/mol. The zero-order valence-corrected chi connectivity index (χ0v) is 12.0. The topological polar surface area (TPSA) is 61.8 Å². The molecule has 0 aromatic carbocycles. The Morgan fingerprint density at radius 3 is 2.00 bits per heavy atom. The average molecular weight is 268 g/mol. The molecule has 0 aromatic heterocycles. The van der Waals surface area contributed by atoms with Gasteiger partial charge in [0.25, 0.3) is 0 Å². The summed E-state index contributed by atoms with van der Waals surface area (Å²) in [6.45, 7) is 7.35. The van der Waals surface area contributed by atoms with Crippen LogP contribution in [0, 0.1) is 5.41 Å². The maximum Gasteiger partial charge on any atom is 0.174 e. The number of methoxy groups -OCH3 is 1. The Balaban J connectivity index is 3.60. The molecule has 0 bridgehead atoms. The van der Waals surface area contributed by atoms with Crippen molar-refractivity contribution < 1.29 is 22.6 Å². The van der Waals surface area contributed by atoms with Crippen molar-refractivity contribution in [2.45, 2.75) is 20.8 Å². The average Bonchev–Trinajstić information content (AvgIpc) is 2.12. The minimum atomic E-state index is -3.14. The SMILES string of the molecule is COCCOCCOCS(=O)(=O)CC(C)(C)C. The van der Waals surface area contributed by atoms with Crippen LogP contribution in [0.3, 0.4) is 0 Å². The molecule has 0 saturated heterocycles. The summed E-state index contributed by atoms with van der Waals surface area (Å²) in [5.74, 6) is -0.109. The molecule has 0 unspecified atom stereocenters. The van der Waals surface area contributed by atoms with E-state index in [9.17, 15) is 8.42 Å². The van der Waals surface area contributed by atoms with Crippen LogP contribution in [0.4, 0.5) is 0 Å². The molecule has 6 heteroatoms. The van der Waals surface area contributed by atoms with Crippen molar-refractivity contribution in [2.75, 3.05) is 45.2 Å². The van der Waals surface area contributed by atoms with Crippen LogP contribution in [0.2, 0.25) is 0 Å². The molecule has 0 heterocycles. The number of hydrogen-bond donors (Lipinski definition) is 0. The van der Waals surface area contributed by atoms with Gasteiger partial charge in [0.05, 0.1) is 32.2 Å². The normalized spacial score (nSPS) is 12.9. The molecule has 0 spiro atoms. The van der Waals surface area contributed by atoms with Crippen LogP contribution in [0.15, 0.2) is 0 Å². The molecular weight excluding hydrogens is 244 g/mol. The van der Waals surface area contributed by atoms with Crippen molar-refractivity contribution in [1.29, 1.82) is 0 Å². The molecule has 0 radical (unpaired) electrons. The van der Waals surface area contributed by atoms with Crippen LogP contribution in [0.25, 0.3) is 0 Å². The smallest absolute Gasteiger partial charge is 0.174 e. The molecule has 0 N–H and O–H groups in total. The standard InChI is InChI=1S/C11H24O5S/c1-11(2,3)9-17(12,13)10-16-8-7-15-6-5-14-4/h5-10H2,1-4H3. The minimum absolute atomic E-state index is 0.129. The molecule has 0 aliphatic heterocycles. The maximum absolute atomic E-state index is 11.6. The molecule has 0 saturated carbocycles. The second-order valence-electron chi connectivity index (χ2n) is 5.08. The highest BCUT2D eigenvalue weighted by atomic mass is 32.2. The highest BCUT2D eigenvalue weighted by molar-refractivity contribution is 7.91. The molecular formula is C11H24O5S. The van der Waals surface area contributed by atoms with E-state index in [0.717, 1.165) is 0 Å². The summed E-state index contributed by atoms with van der Waals surface area (Å²) in [6.07, 6.45) is 0.